The van der Waals surface area contributed by atoms with Gasteiger partial charge in [0, 0.05) is 95.2 Å². The van der Waals surface area contributed by atoms with E-state index in [-0.39, 0.29) is 115 Å². The first kappa shape index (κ1) is 58.0. The number of methoxy groups -OCH3 is 1. The Morgan fingerprint density at radius 3 is 2.49 bits per heavy atom. The summed E-state index contributed by atoms with van der Waals surface area (Å²) in [4.78, 5) is 75.0. The number of hydrogen-bond acceptors (Lipinski definition) is 17. The molecule has 0 radical (unpaired) electrons. The van der Waals surface area contributed by atoms with E-state index in [1.807, 2.05) is 75.1 Å². The van der Waals surface area contributed by atoms with Gasteiger partial charge in [0.05, 0.1) is 53.6 Å². The van der Waals surface area contributed by atoms with Gasteiger partial charge >= 0.3 is 0 Å². The van der Waals surface area contributed by atoms with E-state index in [9.17, 15) is 29.4 Å². The Labute approximate surface area is 477 Å². The summed E-state index contributed by atoms with van der Waals surface area (Å²) in [5.41, 5.74) is 4.87. The Balaban J connectivity index is 0.763. The second-order valence-electron chi connectivity index (χ2n) is 20.6. The summed E-state index contributed by atoms with van der Waals surface area (Å²) in [7, 11) is 3.23. The number of aliphatic hydroxyl groups is 1. The monoisotopic (exact) mass is 1150 g/mol. The number of carbonyl (C=O) groups is 4. The lowest BCUT2D eigenvalue weighted by molar-refractivity contribution is -0.141. The Hall–Kier alpha value is -7.66. The van der Waals surface area contributed by atoms with Crippen LogP contribution in [0.4, 0.5) is 16.2 Å². The van der Waals surface area contributed by atoms with Crippen LogP contribution in [-0.4, -0.2) is 161 Å². The predicted octanol–water partition coefficient (Wildman–Crippen LogP) is 7.98. The molecule has 0 aliphatic carbocycles. The highest BCUT2D eigenvalue weighted by molar-refractivity contribution is 7.13. The van der Waals surface area contributed by atoms with Crippen LogP contribution in [0.5, 0.6) is 17.4 Å². The molecule has 4 atom stereocenters. The number of ether oxygens (including phenoxy) is 3. The molecule has 2 aliphatic rings. The van der Waals surface area contributed by atoms with Crippen LogP contribution in [0.2, 0.25) is 5.02 Å². The first-order valence-electron chi connectivity index (χ1n) is 26.8. The predicted molar refractivity (Wildman–Crippen MR) is 306 cm³/mol. The van der Waals surface area contributed by atoms with Crippen molar-refractivity contribution < 1.29 is 52.5 Å². The van der Waals surface area contributed by atoms with Gasteiger partial charge in [-0.15, -0.1) is 11.3 Å². The third-order valence-corrected chi connectivity index (χ3v) is 16.1. The molecule has 2 aliphatic heterocycles. The Morgan fingerprint density at radius 2 is 1.77 bits per heavy atom. The van der Waals surface area contributed by atoms with Crippen LogP contribution in [0.3, 0.4) is 0 Å². The number of aromatic nitrogens is 4. The van der Waals surface area contributed by atoms with Gasteiger partial charge in [-0.3, -0.25) is 19.2 Å². The van der Waals surface area contributed by atoms with Gasteiger partial charge in [-0.2, -0.15) is 4.98 Å². The van der Waals surface area contributed by atoms with E-state index in [0.717, 1.165) is 21.7 Å². The normalized spacial score (nSPS) is 16.3. The first-order valence-corrected chi connectivity index (χ1v) is 28.1. The SMILES string of the molecule is COc1cc(-c2scnc2C)ccc1[C@H](C)NC(=O)[C@@H]1C[C@@H](O)CN1C(=O)[C@H](c1cc(OCCOCCN(C)C(=O)CCNc2nc(N3CCN(C(C)=O)CC3)c3cc(Cl)c(-c4cc(O)cc5ccccc45)c(F)c3n2)no1)C(C)C. The number of benzene rings is 4. The van der Waals surface area contributed by atoms with Gasteiger partial charge in [-0.25, -0.2) is 14.4 Å². The van der Waals surface area contributed by atoms with Crippen LogP contribution in [0.1, 0.15) is 69.5 Å². The molecule has 428 valence electrons. The van der Waals surface area contributed by atoms with E-state index in [2.05, 4.69) is 25.8 Å². The number of nitrogens with one attached hydrogen (secondary N) is 2. The van der Waals surface area contributed by atoms with Gasteiger partial charge in [0.1, 0.15) is 41.4 Å². The van der Waals surface area contributed by atoms with Crippen molar-refractivity contribution in [2.45, 2.75) is 71.6 Å². The number of thiazole rings is 1. The molecule has 2 fully saturated rings. The minimum Gasteiger partial charge on any atom is -0.508 e. The number of aryl methyl sites for hydroxylation is 1. The number of hydrogen-bond donors (Lipinski definition) is 4. The molecule has 81 heavy (non-hydrogen) atoms. The number of amides is 4. The van der Waals surface area contributed by atoms with Crippen molar-refractivity contribution in [1.29, 1.82) is 0 Å². The fourth-order valence-electron chi connectivity index (χ4n) is 10.5. The number of piperazine rings is 1. The highest BCUT2D eigenvalue weighted by Gasteiger charge is 2.44. The first-order chi connectivity index (χ1) is 38.9. The van der Waals surface area contributed by atoms with Gasteiger partial charge in [-0.1, -0.05) is 61.8 Å². The zero-order valence-electron chi connectivity index (χ0n) is 46.2. The summed E-state index contributed by atoms with van der Waals surface area (Å²) in [5, 5.41) is 33.5. The molecule has 0 saturated carbocycles. The molecule has 0 spiro atoms. The average Bonchev–Trinajstić information content (AvgIpc) is 4.35. The van der Waals surface area contributed by atoms with Crippen LogP contribution in [0, 0.1) is 18.7 Å². The maximum Gasteiger partial charge on any atom is 0.254 e. The van der Waals surface area contributed by atoms with Crippen LogP contribution in [0.15, 0.2) is 76.8 Å². The summed E-state index contributed by atoms with van der Waals surface area (Å²) in [6.45, 7) is 11.6. The summed E-state index contributed by atoms with van der Waals surface area (Å²) >= 11 is 8.42. The molecule has 4 aromatic carbocycles. The molecular formula is C58H66ClFN10O10S. The molecule has 20 nitrogen and oxygen atoms in total. The molecule has 0 bridgehead atoms. The number of carbonyl (C=O) groups excluding carboxylic acids is 4. The van der Waals surface area contributed by atoms with Gasteiger partial charge in [0.25, 0.3) is 5.88 Å². The minimum atomic E-state index is -0.932. The summed E-state index contributed by atoms with van der Waals surface area (Å²) in [5.74, 6) is -1.39. The molecule has 7 aromatic rings. The fraction of sp³-hybridized carbons (Fsp3) is 0.414. The number of halogens is 2. The zero-order chi connectivity index (χ0) is 57.6. The molecule has 2 saturated heterocycles. The van der Waals surface area contributed by atoms with Crippen molar-refractivity contribution in [3.05, 3.63) is 100 Å². The van der Waals surface area contributed by atoms with Crippen LogP contribution in [-0.2, 0) is 23.9 Å². The lowest BCUT2D eigenvalue weighted by Gasteiger charge is -2.35. The quantitative estimate of drug-likeness (QED) is 0.0499. The average molecular weight is 1150 g/mol. The number of likely N-dealkylation sites (N-methyl/N-ethyl adjacent to an activating group) is 1. The summed E-state index contributed by atoms with van der Waals surface area (Å²) in [6, 6.07) is 17.9. The highest BCUT2D eigenvalue weighted by Crippen LogP contribution is 2.43. The largest absolute Gasteiger partial charge is 0.508 e. The lowest BCUT2D eigenvalue weighted by atomic mass is 9.91. The van der Waals surface area contributed by atoms with Crippen LogP contribution >= 0.6 is 22.9 Å². The smallest absolute Gasteiger partial charge is 0.254 e. The van der Waals surface area contributed by atoms with Crippen molar-refractivity contribution in [2.24, 2.45) is 5.92 Å². The Morgan fingerprint density at radius 1 is 0.988 bits per heavy atom. The maximum absolute atomic E-state index is 17.0. The van der Waals surface area contributed by atoms with Crippen molar-refractivity contribution in [3.63, 3.8) is 0 Å². The van der Waals surface area contributed by atoms with E-state index in [4.69, 9.17) is 35.3 Å². The zero-order valence-corrected chi connectivity index (χ0v) is 47.8. The highest BCUT2D eigenvalue weighted by atomic mass is 35.5. The fourth-order valence-corrected chi connectivity index (χ4v) is 11.6. The van der Waals surface area contributed by atoms with E-state index in [1.165, 1.54) is 34.1 Å². The number of likely N-dealkylation sites (tertiary alicyclic amines) is 1. The second kappa shape index (κ2) is 25.4. The summed E-state index contributed by atoms with van der Waals surface area (Å²) < 4.78 is 40.0. The van der Waals surface area contributed by atoms with E-state index >= 15 is 4.39 Å². The van der Waals surface area contributed by atoms with Gasteiger partial charge in [0.15, 0.2) is 11.6 Å². The maximum atomic E-state index is 17.0. The molecule has 4 N–H and O–H groups in total. The van der Waals surface area contributed by atoms with Crippen LogP contribution in [0.25, 0.3) is 43.2 Å². The summed E-state index contributed by atoms with van der Waals surface area (Å²) in [6.07, 6.45) is -0.785. The van der Waals surface area contributed by atoms with E-state index in [0.29, 0.717) is 59.5 Å². The number of phenols is 1. The van der Waals surface area contributed by atoms with E-state index < -0.39 is 35.8 Å². The number of aliphatic hydroxyl groups excluding tert-OH is 1. The van der Waals surface area contributed by atoms with Gasteiger partial charge < -0.3 is 59.2 Å². The van der Waals surface area contributed by atoms with Crippen molar-refractivity contribution in [3.8, 4) is 38.9 Å². The van der Waals surface area contributed by atoms with Gasteiger partial charge in [0.2, 0.25) is 29.6 Å². The molecule has 5 heterocycles. The Bertz CT molecular complexity index is 3440. The number of phenolic OH excluding ortho intramolecular Hbond substituents is 1. The standard InChI is InChI=1S/C58H66ClFN10O10S/c1-32(2)50(57(76)70-30-39(73)27-45(70)56(75)63-33(3)40-13-12-37(25-46(40)77-7)54-34(4)62-31-81-54)47-29-48(66-80-47)79-23-22-78-21-20-67(6)49(74)14-15-61-58-64-53-43(55(65-58)69-18-16-68(17-19-69)35(5)71)28-44(59)51(52(53)60)42-26-38(72)24-36-10-8-9-11-41(36)42/h8-13,24-26,28-29,31-33,39,45,50,72-73H,14-23,27,30H2,1-7H3,(H,63,75)(H,61,64,65)/t33-,39+,45-,50-/m0/s1. The molecule has 4 amide bonds. The lowest BCUT2D eigenvalue weighted by Crippen LogP contribution is -2.48. The number of β-amino-alcohol motifs (C(OH)–C–C–N with tert-alkyl or cyclic N) is 1. The molecule has 23 heteroatoms. The molecule has 9 rings (SSSR count). The second-order valence-corrected chi connectivity index (χ2v) is 21.9. The molecule has 0 unspecified atom stereocenters. The van der Waals surface area contributed by atoms with E-state index in [1.54, 1.807) is 42.8 Å². The van der Waals surface area contributed by atoms with Crippen molar-refractivity contribution in [1.82, 2.24) is 40.1 Å². The third-order valence-electron chi connectivity index (χ3n) is 14.8. The number of aromatic hydroxyl groups is 1. The third kappa shape index (κ3) is 12.9. The number of rotatable bonds is 21. The van der Waals surface area contributed by atoms with Crippen LogP contribution < -0.4 is 25.0 Å². The molecule has 3 aromatic heterocycles. The number of nitrogens with zero attached hydrogens (tertiary/aromatic N) is 8. The number of anilines is 2. The molecular weight excluding hydrogens is 1080 g/mol. The minimum absolute atomic E-state index is 0.00323. The number of fused-ring (bicyclic) bond motifs is 2. The topological polar surface area (TPSA) is 238 Å². The Kier molecular flexibility index (Phi) is 18.2. The van der Waals surface area contributed by atoms with Crippen molar-refractivity contribution >= 4 is 80.0 Å². The van der Waals surface area contributed by atoms with Gasteiger partial charge in [-0.05, 0) is 71.1 Å². The van der Waals surface area contributed by atoms with Crippen molar-refractivity contribution in [2.75, 3.05) is 90.0 Å².